The summed E-state index contributed by atoms with van der Waals surface area (Å²) >= 11 is 0. The molecule has 2 heteroatoms. The number of rotatable bonds is 0. The highest BCUT2D eigenvalue weighted by Crippen LogP contribution is 2.09. The van der Waals surface area contributed by atoms with Gasteiger partial charge in [0.25, 0.3) is 0 Å². The highest BCUT2D eigenvalue weighted by Gasteiger charge is 1.82. The third-order valence-electron chi connectivity index (χ3n) is 0.893. The number of phenolic OH excluding ortho intramolecular Hbond substituents is 1. The molecule has 0 aliphatic rings. The van der Waals surface area contributed by atoms with Crippen molar-refractivity contribution in [3.63, 3.8) is 0 Å². The van der Waals surface area contributed by atoms with Gasteiger partial charge in [-0.25, -0.2) is 0 Å². The average molecular weight is 167 g/mol. The number of hydrogen-bond acceptors (Lipinski definition) is 2. The standard InChI is InChI=1S/C6H7NO.C4H10/c7-5-1-3-6(8)4-2-5;1-4(2)3/h1-4,8H,7H2;4H,1-3H3. The van der Waals surface area contributed by atoms with Crippen LogP contribution in [0.1, 0.15) is 20.8 Å². The van der Waals surface area contributed by atoms with Gasteiger partial charge in [0, 0.05) is 5.69 Å². The van der Waals surface area contributed by atoms with Gasteiger partial charge in [-0.2, -0.15) is 0 Å². The molecule has 1 aromatic carbocycles. The molecule has 0 unspecified atom stereocenters. The van der Waals surface area contributed by atoms with E-state index in [-0.39, 0.29) is 5.75 Å². The van der Waals surface area contributed by atoms with Crippen LogP contribution in [0.3, 0.4) is 0 Å². The molecule has 1 rings (SSSR count). The predicted octanol–water partition coefficient (Wildman–Crippen LogP) is 2.64. The summed E-state index contributed by atoms with van der Waals surface area (Å²) < 4.78 is 0. The second-order valence-electron chi connectivity index (χ2n) is 3.32. The minimum atomic E-state index is 0.249. The second kappa shape index (κ2) is 5.47. The van der Waals surface area contributed by atoms with E-state index in [0.717, 1.165) is 5.92 Å². The number of hydrogen-bond donors (Lipinski definition) is 2. The van der Waals surface area contributed by atoms with Crippen molar-refractivity contribution in [1.29, 1.82) is 0 Å². The molecular formula is C10H17NO. The van der Waals surface area contributed by atoms with E-state index in [1.165, 1.54) is 0 Å². The molecule has 0 saturated carbocycles. The number of benzene rings is 1. The van der Waals surface area contributed by atoms with Crippen LogP contribution in [0.4, 0.5) is 5.69 Å². The van der Waals surface area contributed by atoms with Crippen LogP contribution in [0.5, 0.6) is 5.75 Å². The Labute approximate surface area is 74.0 Å². The lowest BCUT2D eigenvalue weighted by Gasteiger charge is -1.89. The van der Waals surface area contributed by atoms with Gasteiger partial charge in [0.15, 0.2) is 0 Å². The van der Waals surface area contributed by atoms with E-state index in [4.69, 9.17) is 10.8 Å². The van der Waals surface area contributed by atoms with E-state index in [2.05, 4.69) is 20.8 Å². The summed E-state index contributed by atoms with van der Waals surface area (Å²) in [4.78, 5) is 0. The van der Waals surface area contributed by atoms with Crippen molar-refractivity contribution < 1.29 is 5.11 Å². The molecule has 68 valence electrons. The lowest BCUT2D eigenvalue weighted by Crippen LogP contribution is -1.80. The molecule has 0 radical (unpaired) electrons. The summed E-state index contributed by atoms with van der Waals surface area (Å²) in [6, 6.07) is 6.40. The Morgan fingerprint density at radius 1 is 1.08 bits per heavy atom. The number of phenols is 1. The van der Waals surface area contributed by atoms with Gasteiger partial charge >= 0.3 is 0 Å². The zero-order valence-corrected chi connectivity index (χ0v) is 7.91. The monoisotopic (exact) mass is 167 g/mol. The molecular weight excluding hydrogens is 150 g/mol. The van der Waals surface area contributed by atoms with E-state index in [9.17, 15) is 0 Å². The van der Waals surface area contributed by atoms with Crippen molar-refractivity contribution >= 4 is 5.69 Å². The molecule has 0 atom stereocenters. The van der Waals surface area contributed by atoms with Gasteiger partial charge in [0.2, 0.25) is 0 Å². The van der Waals surface area contributed by atoms with Crippen LogP contribution >= 0.6 is 0 Å². The quantitative estimate of drug-likeness (QED) is 0.461. The van der Waals surface area contributed by atoms with E-state index in [0.29, 0.717) is 5.69 Å². The first-order chi connectivity index (χ1) is 5.52. The minimum Gasteiger partial charge on any atom is -0.508 e. The fourth-order valence-electron chi connectivity index (χ4n) is 0.474. The molecule has 0 saturated heterocycles. The fourth-order valence-corrected chi connectivity index (χ4v) is 0.474. The van der Waals surface area contributed by atoms with Crippen molar-refractivity contribution in [2.24, 2.45) is 5.92 Å². The van der Waals surface area contributed by atoms with Crippen LogP contribution in [0.25, 0.3) is 0 Å². The Hall–Kier alpha value is -1.18. The van der Waals surface area contributed by atoms with Crippen LogP contribution in [0.15, 0.2) is 24.3 Å². The maximum Gasteiger partial charge on any atom is 0.115 e. The number of nitrogens with two attached hydrogens (primary N) is 1. The van der Waals surface area contributed by atoms with E-state index >= 15 is 0 Å². The van der Waals surface area contributed by atoms with Gasteiger partial charge < -0.3 is 10.8 Å². The molecule has 0 amide bonds. The van der Waals surface area contributed by atoms with Gasteiger partial charge in [-0.3, -0.25) is 0 Å². The molecule has 3 N–H and O–H groups in total. The first-order valence-corrected chi connectivity index (χ1v) is 4.07. The summed E-state index contributed by atoms with van der Waals surface area (Å²) in [5.74, 6) is 1.08. The third kappa shape index (κ3) is 6.93. The van der Waals surface area contributed by atoms with E-state index in [1.807, 2.05) is 0 Å². The Morgan fingerprint density at radius 3 is 1.67 bits per heavy atom. The third-order valence-corrected chi connectivity index (χ3v) is 0.893. The van der Waals surface area contributed by atoms with Gasteiger partial charge in [0.1, 0.15) is 5.75 Å². The van der Waals surface area contributed by atoms with E-state index < -0.39 is 0 Å². The predicted molar refractivity (Wildman–Crippen MR) is 53.0 cm³/mol. The summed E-state index contributed by atoms with van der Waals surface area (Å²) in [5.41, 5.74) is 5.98. The van der Waals surface area contributed by atoms with E-state index in [1.54, 1.807) is 24.3 Å². The molecule has 1 aromatic rings. The second-order valence-corrected chi connectivity index (χ2v) is 3.32. The number of anilines is 1. The zero-order valence-electron chi connectivity index (χ0n) is 7.91. The lowest BCUT2D eigenvalue weighted by molar-refractivity contribution is 0.475. The maximum atomic E-state index is 8.70. The van der Waals surface area contributed by atoms with Gasteiger partial charge in [-0.05, 0) is 30.2 Å². The Balaban J connectivity index is 0.000000261. The molecule has 0 bridgehead atoms. The van der Waals surface area contributed by atoms with Crippen molar-refractivity contribution in [3.05, 3.63) is 24.3 Å². The van der Waals surface area contributed by atoms with Crippen LogP contribution in [-0.4, -0.2) is 5.11 Å². The molecule has 12 heavy (non-hydrogen) atoms. The Bertz CT molecular complexity index is 180. The summed E-state index contributed by atoms with van der Waals surface area (Å²) in [7, 11) is 0. The first-order valence-electron chi connectivity index (χ1n) is 4.07. The largest absolute Gasteiger partial charge is 0.508 e. The van der Waals surface area contributed by atoms with Gasteiger partial charge in [-0.1, -0.05) is 20.8 Å². The maximum absolute atomic E-state index is 8.70. The Morgan fingerprint density at radius 2 is 1.42 bits per heavy atom. The molecule has 0 aliphatic carbocycles. The highest BCUT2D eigenvalue weighted by atomic mass is 16.3. The topological polar surface area (TPSA) is 46.2 Å². The summed E-state index contributed by atoms with van der Waals surface area (Å²) in [6.07, 6.45) is 0. The smallest absolute Gasteiger partial charge is 0.115 e. The normalized spacial score (nSPS) is 9.00. The molecule has 0 heterocycles. The number of aromatic hydroxyl groups is 1. The minimum absolute atomic E-state index is 0.249. The highest BCUT2D eigenvalue weighted by molar-refractivity contribution is 5.40. The summed E-state index contributed by atoms with van der Waals surface area (Å²) in [5, 5.41) is 8.70. The van der Waals surface area contributed by atoms with Crippen molar-refractivity contribution in [2.45, 2.75) is 20.8 Å². The molecule has 0 spiro atoms. The van der Waals surface area contributed by atoms with Gasteiger partial charge in [-0.15, -0.1) is 0 Å². The van der Waals surface area contributed by atoms with Crippen molar-refractivity contribution in [2.75, 3.05) is 5.73 Å². The van der Waals surface area contributed by atoms with Crippen LogP contribution in [0, 0.1) is 5.92 Å². The fraction of sp³-hybridized carbons (Fsp3) is 0.400. The van der Waals surface area contributed by atoms with Crippen molar-refractivity contribution in [3.8, 4) is 5.75 Å². The van der Waals surface area contributed by atoms with Gasteiger partial charge in [0.05, 0.1) is 0 Å². The van der Waals surface area contributed by atoms with Crippen molar-refractivity contribution in [1.82, 2.24) is 0 Å². The first kappa shape index (κ1) is 10.8. The molecule has 0 aliphatic heterocycles. The average Bonchev–Trinajstić information content (AvgIpc) is 1.94. The SMILES string of the molecule is CC(C)C.Nc1ccc(O)cc1. The Kier molecular flexibility index (Phi) is 4.93. The molecule has 0 fully saturated rings. The summed E-state index contributed by atoms with van der Waals surface area (Å²) in [6.45, 7) is 6.50. The molecule has 2 nitrogen and oxygen atoms in total. The van der Waals surface area contributed by atoms with Crippen LogP contribution in [-0.2, 0) is 0 Å². The lowest BCUT2D eigenvalue weighted by atomic mass is 10.3. The molecule has 0 aromatic heterocycles. The van der Waals surface area contributed by atoms with Crippen LogP contribution < -0.4 is 5.73 Å². The zero-order chi connectivity index (χ0) is 9.56. The van der Waals surface area contributed by atoms with Crippen LogP contribution in [0.2, 0.25) is 0 Å². The number of nitrogen functional groups attached to an aromatic ring is 1.